The number of fused-ring (bicyclic) bond motifs is 1. The number of imidazole rings is 1. The van der Waals surface area contributed by atoms with Gasteiger partial charge >= 0.3 is 5.69 Å². The first-order chi connectivity index (χ1) is 13.9. The third kappa shape index (κ3) is 3.35. The van der Waals surface area contributed by atoms with Crippen molar-refractivity contribution in [3.8, 4) is 23.3 Å². The summed E-state index contributed by atoms with van der Waals surface area (Å²) in [5, 5.41) is 12.9. The second-order valence-corrected chi connectivity index (χ2v) is 6.79. The summed E-state index contributed by atoms with van der Waals surface area (Å²) in [7, 11) is 1.86. The van der Waals surface area contributed by atoms with Crippen LogP contribution in [0.15, 0.2) is 46.2 Å². The number of aryl methyl sites for hydroxylation is 1. The number of aromatic nitrogens is 5. The van der Waals surface area contributed by atoms with Crippen LogP contribution in [-0.4, -0.2) is 24.3 Å². The van der Waals surface area contributed by atoms with Crippen LogP contribution >= 0.6 is 23.2 Å². The quantitative estimate of drug-likeness (QED) is 0.535. The largest absolute Gasteiger partial charge is 0.454 e. The Kier molecular flexibility index (Phi) is 4.58. The van der Waals surface area contributed by atoms with E-state index in [9.17, 15) is 9.59 Å². The normalized spacial score (nSPS) is 10.8. The van der Waals surface area contributed by atoms with Gasteiger partial charge in [-0.2, -0.15) is 9.94 Å². The zero-order valence-corrected chi connectivity index (χ0v) is 16.2. The average molecular weight is 429 g/mol. The number of ether oxygens (including phenoxy) is 1. The molecule has 144 valence electrons. The number of rotatable bonds is 3. The van der Waals surface area contributed by atoms with E-state index in [1.807, 2.05) is 16.6 Å². The van der Waals surface area contributed by atoms with E-state index < -0.39 is 16.9 Å². The molecule has 0 bridgehead atoms. The first-order valence-electron chi connectivity index (χ1n) is 8.09. The van der Waals surface area contributed by atoms with Gasteiger partial charge in [-0.25, -0.2) is 9.78 Å². The smallest absolute Gasteiger partial charge is 0.349 e. The van der Waals surface area contributed by atoms with Crippen molar-refractivity contribution in [3.05, 3.63) is 73.2 Å². The molecule has 0 amide bonds. The summed E-state index contributed by atoms with van der Waals surface area (Å²) in [6.07, 6.45) is 1.69. The first-order valence-corrected chi connectivity index (χ1v) is 8.85. The maximum atomic E-state index is 12.0. The lowest BCUT2D eigenvalue weighted by atomic mass is 10.2. The van der Waals surface area contributed by atoms with Crippen LogP contribution in [-0.2, 0) is 7.05 Å². The molecular weight excluding hydrogens is 419 g/mol. The first kappa shape index (κ1) is 18.7. The molecule has 2 aromatic carbocycles. The summed E-state index contributed by atoms with van der Waals surface area (Å²) in [6.45, 7) is 0. The van der Waals surface area contributed by atoms with Gasteiger partial charge in [-0.15, -0.1) is 5.10 Å². The van der Waals surface area contributed by atoms with Gasteiger partial charge in [0.25, 0.3) is 5.56 Å². The molecule has 2 heterocycles. The molecule has 4 aromatic rings. The molecule has 0 aliphatic rings. The van der Waals surface area contributed by atoms with Crippen LogP contribution in [0.1, 0.15) is 5.69 Å². The van der Waals surface area contributed by atoms with Crippen molar-refractivity contribution in [3.63, 3.8) is 0 Å². The number of nitriles is 1. The Hall–Kier alpha value is -3.61. The molecular formula is C18H10Cl2N6O3. The fourth-order valence-corrected chi connectivity index (χ4v) is 3.25. The van der Waals surface area contributed by atoms with Crippen molar-refractivity contribution in [2.24, 2.45) is 7.05 Å². The minimum absolute atomic E-state index is 0.107. The summed E-state index contributed by atoms with van der Waals surface area (Å²) in [5.74, 6) is 0.667. The van der Waals surface area contributed by atoms with Crippen molar-refractivity contribution >= 4 is 34.2 Å². The van der Waals surface area contributed by atoms with Crippen molar-refractivity contribution in [1.82, 2.24) is 24.3 Å². The predicted octanol–water partition coefficient (Wildman–Crippen LogP) is 2.78. The standard InChI is InChI=1S/C18H10Cl2N6O3/c1-25-8-22-13-3-2-10(6-15(13)25)29-16-11(19)4-9(5-12(16)20)26-18(28)23-17(27)14(7-21)24-26/h2-6,8H,1H3,(H,23,27,28). The fourth-order valence-electron chi connectivity index (χ4n) is 2.70. The van der Waals surface area contributed by atoms with Gasteiger partial charge in [0.15, 0.2) is 5.75 Å². The zero-order chi connectivity index (χ0) is 20.7. The van der Waals surface area contributed by atoms with Gasteiger partial charge in [-0.3, -0.25) is 9.78 Å². The van der Waals surface area contributed by atoms with E-state index >= 15 is 0 Å². The van der Waals surface area contributed by atoms with Crippen LogP contribution in [0, 0.1) is 11.3 Å². The summed E-state index contributed by atoms with van der Waals surface area (Å²) >= 11 is 12.6. The Bertz CT molecular complexity index is 1410. The third-order valence-corrected chi connectivity index (χ3v) is 4.64. The van der Waals surface area contributed by atoms with Gasteiger partial charge in [-0.05, 0) is 24.3 Å². The van der Waals surface area contributed by atoms with E-state index in [2.05, 4.69) is 10.1 Å². The highest BCUT2D eigenvalue weighted by molar-refractivity contribution is 6.37. The molecule has 4 rings (SSSR count). The molecule has 0 saturated heterocycles. The van der Waals surface area contributed by atoms with Crippen molar-refractivity contribution in [2.75, 3.05) is 0 Å². The van der Waals surface area contributed by atoms with Gasteiger partial charge in [-0.1, -0.05) is 23.2 Å². The lowest BCUT2D eigenvalue weighted by Crippen LogP contribution is -2.33. The molecule has 0 aliphatic carbocycles. The van der Waals surface area contributed by atoms with Crippen molar-refractivity contribution in [1.29, 1.82) is 5.26 Å². The lowest BCUT2D eigenvalue weighted by molar-refractivity contribution is 0.483. The van der Waals surface area contributed by atoms with Gasteiger partial charge in [0, 0.05) is 13.1 Å². The number of hydrogen-bond donors (Lipinski definition) is 1. The van der Waals surface area contributed by atoms with Crippen LogP contribution in [0.5, 0.6) is 11.5 Å². The number of benzene rings is 2. The number of aromatic amines is 1. The molecule has 0 fully saturated rings. The Labute approximate surface area is 172 Å². The molecule has 0 atom stereocenters. The Balaban J connectivity index is 1.76. The van der Waals surface area contributed by atoms with Gasteiger partial charge in [0.05, 0.1) is 33.1 Å². The maximum Gasteiger partial charge on any atom is 0.349 e. The number of nitrogens with zero attached hydrogens (tertiary/aromatic N) is 5. The molecule has 0 saturated carbocycles. The lowest BCUT2D eigenvalue weighted by Gasteiger charge is -2.12. The van der Waals surface area contributed by atoms with Crippen LogP contribution in [0.2, 0.25) is 10.0 Å². The second-order valence-electron chi connectivity index (χ2n) is 5.98. The van der Waals surface area contributed by atoms with E-state index in [4.69, 9.17) is 33.2 Å². The van der Waals surface area contributed by atoms with Gasteiger partial charge < -0.3 is 9.30 Å². The minimum atomic E-state index is -0.878. The highest BCUT2D eigenvalue weighted by Gasteiger charge is 2.15. The second kappa shape index (κ2) is 7.09. The average Bonchev–Trinajstić information content (AvgIpc) is 3.05. The van der Waals surface area contributed by atoms with E-state index in [1.165, 1.54) is 12.1 Å². The number of nitrogens with one attached hydrogen (secondary N) is 1. The minimum Gasteiger partial charge on any atom is -0.454 e. The maximum absolute atomic E-state index is 12.0. The number of hydrogen-bond acceptors (Lipinski definition) is 6. The van der Waals surface area contributed by atoms with Crippen molar-refractivity contribution in [2.45, 2.75) is 0 Å². The highest BCUT2D eigenvalue weighted by atomic mass is 35.5. The molecule has 2 aromatic heterocycles. The fraction of sp³-hybridized carbons (Fsp3) is 0.0556. The molecule has 9 nitrogen and oxygen atoms in total. The highest BCUT2D eigenvalue weighted by Crippen LogP contribution is 2.38. The SMILES string of the molecule is Cn1cnc2ccc(Oc3c(Cl)cc(-n4nc(C#N)c(=O)[nH]c4=O)cc3Cl)cc21. The molecule has 29 heavy (non-hydrogen) atoms. The van der Waals surface area contributed by atoms with E-state index in [0.717, 1.165) is 15.7 Å². The molecule has 0 unspecified atom stereocenters. The molecule has 11 heteroatoms. The monoisotopic (exact) mass is 428 g/mol. The topological polar surface area (TPSA) is 119 Å². The molecule has 1 N–H and O–H groups in total. The van der Waals surface area contributed by atoms with Crippen LogP contribution in [0.25, 0.3) is 16.7 Å². The van der Waals surface area contributed by atoms with Crippen LogP contribution < -0.4 is 16.0 Å². The summed E-state index contributed by atoms with van der Waals surface area (Å²) in [5.41, 5.74) is -0.356. The number of halogens is 2. The van der Waals surface area contributed by atoms with Gasteiger partial charge in [0.2, 0.25) is 5.69 Å². The van der Waals surface area contributed by atoms with Crippen LogP contribution in [0.3, 0.4) is 0 Å². The Morgan fingerprint density at radius 3 is 2.59 bits per heavy atom. The van der Waals surface area contributed by atoms with E-state index in [0.29, 0.717) is 5.75 Å². The van der Waals surface area contributed by atoms with Crippen molar-refractivity contribution < 1.29 is 4.74 Å². The van der Waals surface area contributed by atoms with E-state index in [-0.39, 0.29) is 21.5 Å². The van der Waals surface area contributed by atoms with Crippen LogP contribution in [0.4, 0.5) is 0 Å². The summed E-state index contributed by atoms with van der Waals surface area (Å²) in [4.78, 5) is 29.8. The summed E-state index contributed by atoms with van der Waals surface area (Å²) < 4.78 is 8.50. The zero-order valence-electron chi connectivity index (χ0n) is 14.7. The molecule has 0 radical (unpaired) electrons. The Morgan fingerprint density at radius 1 is 1.17 bits per heavy atom. The Morgan fingerprint density at radius 2 is 1.90 bits per heavy atom. The van der Waals surface area contributed by atoms with E-state index in [1.54, 1.807) is 30.6 Å². The third-order valence-electron chi connectivity index (χ3n) is 4.08. The molecule has 0 spiro atoms. The number of H-pyrrole nitrogens is 1. The summed E-state index contributed by atoms with van der Waals surface area (Å²) in [6, 6.07) is 9.70. The predicted molar refractivity (Wildman–Crippen MR) is 106 cm³/mol. The molecule has 0 aliphatic heterocycles. The van der Waals surface area contributed by atoms with Gasteiger partial charge in [0.1, 0.15) is 11.8 Å².